The van der Waals surface area contributed by atoms with Crippen LogP contribution in [-0.2, 0) is 20.9 Å². The van der Waals surface area contributed by atoms with Gasteiger partial charge in [-0.1, -0.05) is 12.1 Å². The van der Waals surface area contributed by atoms with Crippen LogP contribution in [0.1, 0.15) is 5.56 Å². The zero-order valence-electron chi connectivity index (χ0n) is 9.55. The van der Waals surface area contributed by atoms with Gasteiger partial charge in [-0.25, -0.2) is 9.79 Å². The molecule has 0 aliphatic carbocycles. The third-order valence-corrected chi connectivity index (χ3v) is 2.59. The molecule has 0 bridgehead atoms. The third kappa shape index (κ3) is 2.61. The van der Waals surface area contributed by atoms with Crippen molar-refractivity contribution in [2.45, 2.75) is 6.54 Å². The van der Waals surface area contributed by atoms with E-state index < -0.39 is 0 Å². The van der Waals surface area contributed by atoms with E-state index in [0.717, 1.165) is 5.56 Å². The Hall–Kier alpha value is -2.46. The Morgan fingerprint density at radius 2 is 2.22 bits per heavy atom. The molecule has 0 spiro atoms. The Morgan fingerprint density at radius 3 is 3.00 bits per heavy atom. The summed E-state index contributed by atoms with van der Waals surface area (Å²) in [6.07, 6.45) is 1.46. The van der Waals surface area contributed by atoms with Crippen LogP contribution < -0.4 is 10.2 Å². The molecule has 1 saturated heterocycles. The highest BCUT2D eigenvalue weighted by Crippen LogP contribution is 2.18. The number of benzene rings is 1. The summed E-state index contributed by atoms with van der Waals surface area (Å²) in [5.74, 6) is -0.350. The van der Waals surface area contributed by atoms with Crippen LogP contribution in [0.15, 0.2) is 29.3 Å². The number of anilines is 1. The first-order chi connectivity index (χ1) is 8.70. The molecule has 6 nitrogen and oxygen atoms in total. The molecule has 1 aromatic carbocycles. The minimum absolute atomic E-state index is 0.00948. The van der Waals surface area contributed by atoms with Gasteiger partial charge in [-0.2, -0.15) is 0 Å². The second-order valence-electron chi connectivity index (χ2n) is 3.83. The van der Waals surface area contributed by atoms with Crippen molar-refractivity contribution in [2.24, 2.45) is 4.99 Å². The van der Waals surface area contributed by atoms with E-state index in [0.29, 0.717) is 5.69 Å². The molecule has 1 aromatic rings. The fourth-order valence-corrected chi connectivity index (χ4v) is 1.74. The minimum Gasteiger partial charge on any atom is -0.345 e. The Morgan fingerprint density at radius 1 is 1.39 bits per heavy atom. The fourth-order valence-electron chi connectivity index (χ4n) is 1.74. The molecule has 18 heavy (non-hydrogen) atoms. The van der Waals surface area contributed by atoms with Gasteiger partial charge in [0.2, 0.25) is 17.9 Å². The number of aliphatic imine (C=N–C) groups is 1. The van der Waals surface area contributed by atoms with Gasteiger partial charge in [0.25, 0.3) is 0 Å². The predicted molar refractivity (Wildman–Crippen MR) is 63.6 cm³/mol. The molecule has 1 N–H and O–H groups in total. The molecule has 92 valence electrons. The van der Waals surface area contributed by atoms with Crippen molar-refractivity contribution < 1.29 is 14.4 Å². The first-order valence-electron chi connectivity index (χ1n) is 5.40. The molecule has 0 radical (unpaired) electrons. The predicted octanol–water partition coefficient (Wildman–Crippen LogP) is -0.0148. The van der Waals surface area contributed by atoms with Crippen molar-refractivity contribution in [2.75, 3.05) is 18.0 Å². The highest BCUT2D eigenvalue weighted by Gasteiger charge is 2.24. The average Bonchev–Trinajstić information content (AvgIpc) is 2.39. The Labute approximate surface area is 103 Å². The van der Waals surface area contributed by atoms with Crippen LogP contribution >= 0.6 is 0 Å². The number of nitrogens with one attached hydrogen (secondary N) is 1. The van der Waals surface area contributed by atoms with Gasteiger partial charge in [-0.3, -0.25) is 9.59 Å². The first kappa shape index (κ1) is 12.0. The number of nitrogens with zero attached hydrogens (tertiary/aromatic N) is 2. The number of hydrogen-bond donors (Lipinski definition) is 1. The first-order valence-corrected chi connectivity index (χ1v) is 5.40. The smallest absolute Gasteiger partial charge is 0.246 e. The van der Waals surface area contributed by atoms with Crippen LogP contribution in [0.2, 0.25) is 0 Å². The van der Waals surface area contributed by atoms with Gasteiger partial charge in [0.15, 0.2) is 0 Å². The third-order valence-electron chi connectivity index (χ3n) is 2.59. The second kappa shape index (κ2) is 5.25. The van der Waals surface area contributed by atoms with Gasteiger partial charge in [-0.15, -0.1) is 0 Å². The van der Waals surface area contributed by atoms with E-state index >= 15 is 0 Å². The molecule has 0 unspecified atom stereocenters. The summed E-state index contributed by atoms with van der Waals surface area (Å²) in [6.45, 7) is 0.236. The number of piperazine rings is 1. The summed E-state index contributed by atoms with van der Waals surface area (Å²) < 4.78 is 0. The largest absolute Gasteiger partial charge is 0.345 e. The summed E-state index contributed by atoms with van der Waals surface area (Å²) in [6, 6.07) is 7.02. The van der Waals surface area contributed by atoms with Crippen LogP contribution in [0.5, 0.6) is 0 Å². The summed E-state index contributed by atoms with van der Waals surface area (Å²) in [4.78, 5) is 37.9. The number of carbonyl (C=O) groups excluding carboxylic acids is 3. The van der Waals surface area contributed by atoms with Crippen molar-refractivity contribution in [1.29, 1.82) is 0 Å². The number of carbonyl (C=O) groups is 2. The number of hydrogen-bond acceptors (Lipinski definition) is 4. The van der Waals surface area contributed by atoms with Crippen molar-refractivity contribution in [3.05, 3.63) is 29.8 Å². The van der Waals surface area contributed by atoms with Crippen LogP contribution in [0, 0.1) is 0 Å². The Kier molecular flexibility index (Phi) is 3.50. The standard InChI is InChI=1S/C12H11N3O3/c16-8-13-5-9-2-1-3-10(4-9)15-7-11(17)14-6-12(15)18/h1-4H,5-7H2,(H,14,17). The van der Waals surface area contributed by atoms with Crippen molar-refractivity contribution in [1.82, 2.24) is 5.32 Å². The zero-order chi connectivity index (χ0) is 13.0. The van der Waals surface area contributed by atoms with E-state index in [4.69, 9.17) is 0 Å². The molecule has 2 amide bonds. The van der Waals surface area contributed by atoms with Crippen molar-refractivity contribution in [3.8, 4) is 0 Å². The quantitative estimate of drug-likeness (QED) is 0.600. The Balaban J connectivity index is 2.23. The molecule has 0 atom stereocenters. The molecule has 0 saturated carbocycles. The van der Waals surface area contributed by atoms with E-state index in [1.807, 2.05) is 0 Å². The van der Waals surface area contributed by atoms with E-state index in [1.165, 1.54) is 11.0 Å². The normalized spacial score (nSPS) is 15.0. The minimum atomic E-state index is -0.189. The molecular formula is C12H11N3O3. The van der Waals surface area contributed by atoms with Gasteiger partial charge < -0.3 is 10.2 Å². The van der Waals surface area contributed by atoms with E-state index in [-0.39, 0.29) is 31.4 Å². The Bertz CT molecular complexity index is 535. The average molecular weight is 245 g/mol. The second-order valence-corrected chi connectivity index (χ2v) is 3.83. The van der Waals surface area contributed by atoms with Crippen molar-refractivity contribution in [3.63, 3.8) is 0 Å². The van der Waals surface area contributed by atoms with Crippen LogP contribution in [0.4, 0.5) is 5.69 Å². The van der Waals surface area contributed by atoms with Crippen molar-refractivity contribution >= 4 is 23.6 Å². The molecule has 1 aliphatic heterocycles. The highest BCUT2D eigenvalue weighted by atomic mass is 16.2. The molecule has 2 rings (SSSR count). The van der Waals surface area contributed by atoms with Crippen LogP contribution in [0.3, 0.4) is 0 Å². The maximum absolute atomic E-state index is 11.7. The fraction of sp³-hybridized carbons (Fsp3) is 0.250. The summed E-state index contributed by atoms with van der Waals surface area (Å²) in [5.41, 5.74) is 1.42. The molecular weight excluding hydrogens is 234 g/mol. The van der Waals surface area contributed by atoms with E-state index in [9.17, 15) is 14.4 Å². The molecule has 0 aromatic heterocycles. The lowest BCUT2D eigenvalue weighted by Crippen LogP contribution is -2.51. The van der Waals surface area contributed by atoms with E-state index in [2.05, 4.69) is 10.3 Å². The molecule has 1 fully saturated rings. The lowest BCUT2D eigenvalue weighted by molar-refractivity contribution is -0.128. The molecule has 1 aliphatic rings. The van der Waals surface area contributed by atoms with Gasteiger partial charge >= 0.3 is 0 Å². The van der Waals surface area contributed by atoms with Gasteiger partial charge in [0.05, 0.1) is 13.1 Å². The maximum Gasteiger partial charge on any atom is 0.246 e. The van der Waals surface area contributed by atoms with Crippen LogP contribution in [-0.4, -0.2) is 31.0 Å². The van der Waals surface area contributed by atoms with E-state index in [1.54, 1.807) is 24.3 Å². The molecule has 6 heteroatoms. The SMILES string of the molecule is O=C=NCc1cccc(N2CC(=O)NCC2=O)c1. The summed E-state index contributed by atoms with van der Waals surface area (Å²) in [5, 5.41) is 2.48. The highest BCUT2D eigenvalue weighted by molar-refractivity contribution is 6.04. The van der Waals surface area contributed by atoms with Gasteiger partial charge in [0, 0.05) is 5.69 Å². The number of rotatable bonds is 3. The topological polar surface area (TPSA) is 78.8 Å². The van der Waals surface area contributed by atoms with Gasteiger partial charge in [-0.05, 0) is 17.7 Å². The summed E-state index contributed by atoms with van der Waals surface area (Å²) >= 11 is 0. The van der Waals surface area contributed by atoms with Crippen LogP contribution in [0.25, 0.3) is 0 Å². The lowest BCUT2D eigenvalue weighted by atomic mass is 10.1. The lowest BCUT2D eigenvalue weighted by Gasteiger charge is -2.26. The molecule has 1 heterocycles. The number of isocyanates is 1. The number of amides is 2. The van der Waals surface area contributed by atoms with Gasteiger partial charge in [0.1, 0.15) is 6.54 Å². The zero-order valence-corrected chi connectivity index (χ0v) is 9.55. The summed E-state index contributed by atoms with van der Waals surface area (Å²) in [7, 11) is 0. The maximum atomic E-state index is 11.7. The monoisotopic (exact) mass is 245 g/mol.